The highest BCUT2D eigenvalue weighted by atomic mass is 32.2. The van der Waals surface area contributed by atoms with Gasteiger partial charge < -0.3 is 0 Å². The van der Waals surface area contributed by atoms with Crippen molar-refractivity contribution in [3.63, 3.8) is 0 Å². The Hall–Kier alpha value is -3.03. The van der Waals surface area contributed by atoms with Gasteiger partial charge in [0.15, 0.2) is 5.17 Å². The van der Waals surface area contributed by atoms with E-state index in [9.17, 15) is 4.79 Å². The van der Waals surface area contributed by atoms with Crippen LogP contribution in [0.5, 0.6) is 0 Å². The Kier molecular flexibility index (Phi) is 5.45. The lowest BCUT2D eigenvalue weighted by atomic mass is 10.2. The quantitative estimate of drug-likeness (QED) is 0.444. The molecule has 4 rings (SSSR count). The molecule has 3 heterocycles. The molecule has 0 radical (unpaired) electrons. The minimum atomic E-state index is -0.0904. The Labute approximate surface area is 171 Å². The molecular formula is C21H16N4OS2. The Balaban J connectivity index is 1.64. The van der Waals surface area contributed by atoms with E-state index in [1.165, 1.54) is 23.1 Å². The third kappa shape index (κ3) is 3.95. The maximum atomic E-state index is 12.8. The van der Waals surface area contributed by atoms with Crippen molar-refractivity contribution in [3.05, 3.63) is 83.4 Å². The molecule has 1 aliphatic heterocycles. The maximum Gasteiger partial charge on any atom is 0.267 e. The molecule has 0 unspecified atom stereocenters. The standard InChI is InChI=1S/C21H16N4OS2/c1-2-11-25-19(26)18(12-15-7-6-10-22-13-15)28-21(25)24-20-23-17(14-27-20)16-8-4-3-5-9-16/h2-10,12-14H,1,11H2/b18-12-,24-21+. The lowest BCUT2D eigenvalue weighted by Gasteiger charge is -2.11. The summed E-state index contributed by atoms with van der Waals surface area (Å²) in [4.78, 5) is 28.3. The van der Waals surface area contributed by atoms with Crippen molar-refractivity contribution in [2.45, 2.75) is 0 Å². The van der Waals surface area contributed by atoms with Gasteiger partial charge in [0, 0.05) is 29.9 Å². The van der Waals surface area contributed by atoms with E-state index in [1.807, 2.05) is 53.9 Å². The van der Waals surface area contributed by atoms with Gasteiger partial charge in [-0.3, -0.25) is 14.7 Å². The van der Waals surface area contributed by atoms with Gasteiger partial charge in [-0.05, 0) is 29.5 Å². The van der Waals surface area contributed by atoms with Crippen LogP contribution in [-0.2, 0) is 4.79 Å². The molecule has 5 nitrogen and oxygen atoms in total. The van der Waals surface area contributed by atoms with E-state index >= 15 is 0 Å². The minimum absolute atomic E-state index is 0.0904. The highest BCUT2D eigenvalue weighted by molar-refractivity contribution is 8.18. The number of benzene rings is 1. The summed E-state index contributed by atoms with van der Waals surface area (Å²) in [6.45, 7) is 4.15. The van der Waals surface area contributed by atoms with Crippen LogP contribution in [0.1, 0.15) is 5.56 Å². The van der Waals surface area contributed by atoms with Gasteiger partial charge in [-0.2, -0.15) is 4.99 Å². The number of nitrogens with zero attached hydrogens (tertiary/aromatic N) is 4. The average Bonchev–Trinajstić information content (AvgIpc) is 3.31. The van der Waals surface area contributed by atoms with Gasteiger partial charge in [-0.15, -0.1) is 17.9 Å². The van der Waals surface area contributed by atoms with E-state index in [0.29, 0.717) is 21.7 Å². The van der Waals surface area contributed by atoms with Crippen molar-refractivity contribution in [1.82, 2.24) is 14.9 Å². The first kappa shape index (κ1) is 18.3. The summed E-state index contributed by atoms with van der Waals surface area (Å²) in [7, 11) is 0. The summed E-state index contributed by atoms with van der Waals surface area (Å²) in [5, 5.41) is 3.19. The summed E-state index contributed by atoms with van der Waals surface area (Å²) in [6, 6.07) is 13.7. The fourth-order valence-electron chi connectivity index (χ4n) is 2.63. The Bertz CT molecular complexity index is 1060. The lowest BCUT2D eigenvalue weighted by molar-refractivity contribution is -0.121. The number of amidine groups is 1. The number of aromatic nitrogens is 2. The normalized spacial score (nSPS) is 16.9. The van der Waals surface area contributed by atoms with Gasteiger partial charge in [0.05, 0.1) is 10.6 Å². The number of thioether (sulfide) groups is 1. The molecule has 1 aromatic carbocycles. The topological polar surface area (TPSA) is 58.5 Å². The molecule has 3 aromatic rings. The van der Waals surface area contributed by atoms with Crippen LogP contribution in [0.25, 0.3) is 17.3 Å². The van der Waals surface area contributed by atoms with Gasteiger partial charge in [0.25, 0.3) is 5.91 Å². The van der Waals surface area contributed by atoms with Crippen LogP contribution in [-0.4, -0.2) is 32.5 Å². The molecule has 1 saturated heterocycles. The number of carbonyl (C=O) groups excluding carboxylic acids is 1. The van der Waals surface area contributed by atoms with Crippen LogP contribution < -0.4 is 0 Å². The molecule has 0 aliphatic carbocycles. The van der Waals surface area contributed by atoms with Gasteiger partial charge in [-0.1, -0.05) is 42.5 Å². The van der Waals surface area contributed by atoms with Crippen LogP contribution in [0, 0.1) is 0 Å². The fraction of sp³-hybridized carbons (Fsp3) is 0.0476. The molecule has 0 N–H and O–H groups in total. The zero-order valence-electron chi connectivity index (χ0n) is 14.9. The summed E-state index contributed by atoms with van der Waals surface area (Å²) in [5.74, 6) is -0.0904. The molecule has 0 bridgehead atoms. The lowest BCUT2D eigenvalue weighted by Crippen LogP contribution is -2.29. The maximum absolute atomic E-state index is 12.8. The SMILES string of the molecule is C=CCN1C(=O)/C(=C/c2cccnc2)S/C1=N/c1nc(-c2ccccc2)cs1. The highest BCUT2D eigenvalue weighted by Gasteiger charge is 2.32. The van der Waals surface area contributed by atoms with Crippen molar-refractivity contribution < 1.29 is 4.79 Å². The molecule has 2 aromatic heterocycles. The monoisotopic (exact) mass is 404 g/mol. The van der Waals surface area contributed by atoms with Crippen molar-refractivity contribution >= 4 is 45.4 Å². The van der Waals surface area contributed by atoms with Gasteiger partial charge >= 0.3 is 0 Å². The molecule has 1 aliphatic rings. The van der Waals surface area contributed by atoms with E-state index in [-0.39, 0.29) is 5.91 Å². The van der Waals surface area contributed by atoms with Crippen molar-refractivity contribution in [2.24, 2.45) is 4.99 Å². The van der Waals surface area contributed by atoms with E-state index in [0.717, 1.165) is 16.8 Å². The first-order chi connectivity index (χ1) is 13.7. The van der Waals surface area contributed by atoms with Crippen LogP contribution in [0.2, 0.25) is 0 Å². The predicted molar refractivity (Wildman–Crippen MR) is 116 cm³/mol. The minimum Gasteiger partial charge on any atom is -0.282 e. The van der Waals surface area contributed by atoms with Crippen LogP contribution in [0.3, 0.4) is 0 Å². The number of aliphatic imine (C=N–C) groups is 1. The summed E-state index contributed by atoms with van der Waals surface area (Å²) < 4.78 is 0. The number of amides is 1. The summed E-state index contributed by atoms with van der Waals surface area (Å²) in [6.07, 6.45) is 6.95. The second kappa shape index (κ2) is 8.33. The molecule has 1 amide bonds. The molecule has 7 heteroatoms. The first-order valence-electron chi connectivity index (χ1n) is 8.56. The van der Waals surface area contributed by atoms with E-state index < -0.39 is 0 Å². The van der Waals surface area contributed by atoms with Crippen LogP contribution in [0.15, 0.2) is 82.8 Å². The predicted octanol–water partition coefficient (Wildman–Crippen LogP) is 5.00. The van der Waals surface area contributed by atoms with E-state index in [1.54, 1.807) is 23.4 Å². The van der Waals surface area contributed by atoms with Gasteiger partial charge in [0.2, 0.25) is 5.13 Å². The third-order valence-electron chi connectivity index (χ3n) is 3.93. The second-order valence-corrected chi connectivity index (χ2v) is 7.72. The Morgan fingerprint density at radius 3 is 2.79 bits per heavy atom. The first-order valence-corrected chi connectivity index (χ1v) is 10.3. The molecular weight excluding hydrogens is 388 g/mol. The van der Waals surface area contributed by atoms with Gasteiger partial charge in [0.1, 0.15) is 0 Å². The highest BCUT2D eigenvalue weighted by Crippen LogP contribution is 2.35. The number of carbonyl (C=O) groups is 1. The molecule has 28 heavy (non-hydrogen) atoms. The number of pyridine rings is 1. The average molecular weight is 405 g/mol. The largest absolute Gasteiger partial charge is 0.282 e. The number of hydrogen-bond donors (Lipinski definition) is 0. The molecule has 0 spiro atoms. The van der Waals surface area contributed by atoms with Crippen molar-refractivity contribution in [1.29, 1.82) is 0 Å². The fourth-order valence-corrected chi connectivity index (χ4v) is 4.38. The van der Waals surface area contributed by atoms with E-state index in [2.05, 4.69) is 21.5 Å². The Morgan fingerprint density at radius 1 is 1.18 bits per heavy atom. The summed E-state index contributed by atoms with van der Waals surface area (Å²) in [5.41, 5.74) is 2.79. The Morgan fingerprint density at radius 2 is 2.04 bits per heavy atom. The zero-order chi connectivity index (χ0) is 19.3. The van der Waals surface area contributed by atoms with Crippen LogP contribution in [0.4, 0.5) is 5.13 Å². The van der Waals surface area contributed by atoms with Crippen LogP contribution >= 0.6 is 23.1 Å². The van der Waals surface area contributed by atoms with E-state index in [4.69, 9.17) is 0 Å². The van der Waals surface area contributed by atoms with Crippen molar-refractivity contribution in [2.75, 3.05) is 6.54 Å². The third-order valence-corrected chi connectivity index (χ3v) is 5.68. The molecule has 0 saturated carbocycles. The molecule has 0 atom stereocenters. The van der Waals surface area contributed by atoms with Crippen molar-refractivity contribution in [3.8, 4) is 11.3 Å². The molecule has 1 fully saturated rings. The second-order valence-electron chi connectivity index (χ2n) is 5.88. The smallest absolute Gasteiger partial charge is 0.267 e. The zero-order valence-corrected chi connectivity index (χ0v) is 16.5. The number of hydrogen-bond acceptors (Lipinski definition) is 6. The summed E-state index contributed by atoms with van der Waals surface area (Å²) >= 11 is 2.79. The number of thiazole rings is 1. The number of rotatable bonds is 5. The molecule has 138 valence electrons. The van der Waals surface area contributed by atoms with Gasteiger partial charge in [-0.25, -0.2) is 4.98 Å².